The maximum Gasteiger partial charge on any atom is 0.303 e. The first-order valence-corrected chi connectivity index (χ1v) is 12.4. The lowest BCUT2D eigenvalue weighted by Crippen LogP contribution is -2.22. The van der Waals surface area contributed by atoms with Gasteiger partial charge >= 0.3 is 5.97 Å². The van der Waals surface area contributed by atoms with Gasteiger partial charge < -0.3 is 24.3 Å². The summed E-state index contributed by atoms with van der Waals surface area (Å²) in [7, 11) is 0. The van der Waals surface area contributed by atoms with E-state index in [1.54, 1.807) is 0 Å². The van der Waals surface area contributed by atoms with E-state index in [0.717, 1.165) is 49.3 Å². The Kier molecular flexibility index (Phi) is 7.44. The van der Waals surface area contributed by atoms with Gasteiger partial charge in [-0.2, -0.15) is 0 Å². The first kappa shape index (κ1) is 23.8. The number of hydrogen-bond donors (Lipinski definition) is 2. The minimum Gasteiger partial charge on any atom is -0.481 e. The van der Waals surface area contributed by atoms with Gasteiger partial charge in [-0.25, -0.2) is 4.98 Å². The van der Waals surface area contributed by atoms with Crippen LogP contribution in [-0.2, 0) is 40.0 Å². The average Bonchev–Trinajstić information content (AvgIpc) is 3.58. The van der Waals surface area contributed by atoms with Gasteiger partial charge in [0.15, 0.2) is 0 Å². The number of fused-ring (bicyclic) bond motifs is 1. The molecule has 4 heterocycles. The van der Waals surface area contributed by atoms with Crippen molar-refractivity contribution in [2.24, 2.45) is 5.92 Å². The first-order valence-electron chi connectivity index (χ1n) is 12.4. The van der Waals surface area contributed by atoms with Crippen molar-refractivity contribution in [3.8, 4) is 0 Å². The lowest BCUT2D eigenvalue weighted by Gasteiger charge is -2.23. The summed E-state index contributed by atoms with van der Waals surface area (Å²) in [5.74, 6) is 0.609. The third kappa shape index (κ3) is 5.84. The van der Waals surface area contributed by atoms with Crippen LogP contribution in [0.1, 0.15) is 53.8 Å². The SMILES string of the molecule is O=C(O)CC(Cc1ccccc1)C(C1=COCO1)c1nnc(CCCc2ccc3c(n2)NCCC3)o1. The van der Waals surface area contributed by atoms with Crippen LogP contribution in [0.3, 0.4) is 0 Å². The smallest absolute Gasteiger partial charge is 0.303 e. The summed E-state index contributed by atoms with van der Waals surface area (Å²) in [6, 6.07) is 14.0. The molecule has 36 heavy (non-hydrogen) atoms. The number of pyridine rings is 1. The molecule has 2 atom stereocenters. The molecule has 0 amide bonds. The first-order chi connectivity index (χ1) is 17.7. The number of allylic oxidation sites excluding steroid dienone is 1. The number of aromatic nitrogens is 3. The molecule has 0 aliphatic carbocycles. The van der Waals surface area contributed by atoms with Crippen LogP contribution in [0.25, 0.3) is 0 Å². The quantitative estimate of drug-likeness (QED) is 0.406. The van der Waals surface area contributed by atoms with Crippen molar-refractivity contribution in [3.05, 3.63) is 83.1 Å². The summed E-state index contributed by atoms with van der Waals surface area (Å²) in [6.45, 7) is 1.05. The largest absolute Gasteiger partial charge is 0.481 e. The predicted octanol–water partition coefficient (Wildman–Crippen LogP) is 4.26. The Balaban J connectivity index is 1.29. The Morgan fingerprint density at radius 1 is 1.11 bits per heavy atom. The number of hydrogen-bond acceptors (Lipinski definition) is 8. The fourth-order valence-corrected chi connectivity index (χ4v) is 4.84. The Morgan fingerprint density at radius 2 is 2.00 bits per heavy atom. The van der Waals surface area contributed by atoms with E-state index in [2.05, 4.69) is 27.6 Å². The highest BCUT2D eigenvalue weighted by Gasteiger charge is 2.36. The number of ether oxygens (including phenoxy) is 2. The molecule has 2 unspecified atom stereocenters. The normalized spacial score (nSPS) is 16.2. The highest BCUT2D eigenvalue weighted by atomic mass is 16.7. The van der Waals surface area contributed by atoms with Gasteiger partial charge in [-0.1, -0.05) is 36.4 Å². The van der Waals surface area contributed by atoms with Crippen molar-refractivity contribution in [3.63, 3.8) is 0 Å². The van der Waals surface area contributed by atoms with Crippen molar-refractivity contribution >= 4 is 11.8 Å². The minimum absolute atomic E-state index is 0.0734. The molecule has 0 radical (unpaired) electrons. The minimum atomic E-state index is -0.896. The number of nitrogens with one attached hydrogen (secondary N) is 1. The summed E-state index contributed by atoms with van der Waals surface area (Å²) in [5.41, 5.74) is 3.34. The monoisotopic (exact) mass is 490 g/mol. The highest BCUT2D eigenvalue weighted by Crippen LogP contribution is 2.38. The second-order valence-corrected chi connectivity index (χ2v) is 9.20. The molecule has 0 saturated heterocycles. The molecule has 2 N–H and O–H groups in total. The fraction of sp³-hybridized carbons (Fsp3) is 0.407. The van der Waals surface area contributed by atoms with E-state index in [-0.39, 0.29) is 19.1 Å². The molecule has 2 aliphatic heterocycles. The van der Waals surface area contributed by atoms with E-state index in [1.807, 2.05) is 30.3 Å². The molecule has 9 nitrogen and oxygen atoms in total. The number of carboxylic acids is 1. The summed E-state index contributed by atoms with van der Waals surface area (Å²) >= 11 is 0. The highest BCUT2D eigenvalue weighted by molar-refractivity contribution is 5.67. The van der Waals surface area contributed by atoms with Gasteiger partial charge in [0.2, 0.25) is 18.6 Å². The molecule has 3 aromatic rings. The molecular formula is C27H30N4O5. The van der Waals surface area contributed by atoms with Gasteiger partial charge in [0.05, 0.1) is 0 Å². The van der Waals surface area contributed by atoms with Gasteiger partial charge in [0, 0.05) is 25.1 Å². The van der Waals surface area contributed by atoms with Crippen LogP contribution in [0.5, 0.6) is 0 Å². The lowest BCUT2D eigenvalue weighted by atomic mass is 9.83. The summed E-state index contributed by atoms with van der Waals surface area (Å²) < 4.78 is 17.0. The second-order valence-electron chi connectivity index (χ2n) is 9.20. The molecule has 5 rings (SSSR count). The number of carbonyl (C=O) groups is 1. The summed E-state index contributed by atoms with van der Waals surface area (Å²) in [6.07, 6.45) is 6.39. The van der Waals surface area contributed by atoms with Crippen LogP contribution in [0.2, 0.25) is 0 Å². The number of benzene rings is 1. The Hall–Kier alpha value is -3.88. The summed E-state index contributed by atoms with van der Waals surface area (Å²) in [4.78, 5) is 16.5. The Morgan fingerprint density at radius 3 is 2.81 bits per heavy atom. The average molecular weight is 491 g/mol. The van der Waals surface area contributed by atoms with Gasteiger partial charge in [0.25, 0.3) is 0 Å². The standard InChI is InChI=1S/C27H30N4O5/c32-24(33)15-20(14-18-6-2-1-3-7-18)25(22-16-34-17-35-22)27-31-30-23(36-27)10-4-9-21-12-11-19-8-5-13-28-26(19)29-21/h1-3,6-7,11-12,16,20,25H,4-5,8-10,13-15,17H2,(H,28,29)(H,32,33). The van der Waals surface area contributed by atoms with Crippen molar-refractivity contribution in [2.75, 3.05) is 18.7 Å². The lowest BCUT2D eigenvalue weighted by molar-refractivity contribution is -0.138. The van der Waals surface area contributed by atoms with Crippen molar-refractivity contribution in [2.45, 2.75) is 50.9 Å². The molecule has 0 bridgehead atoms. The zero-order chi connectivity index (χ0) is 24.7. The third-order valence-corrected chi connectivity index (χ3v) is 6.57. The van der Waals surface area contributed by atoms with E-state index in [0.29, 0.717) is 30.4 Å². The Bertz CT molecular complexity index is 1210. The molecule has 2 aliphatic rings. The van der Waals surface area contributed by atoms with Crippen LogP contribution in [0, 0.1) is 5.92 Å². The molecule has 188 valence electrons. The number of aryl methyl sites for hydroxylation is 3. The number of rotatable bonds is 11. The number of carboxylic acid groups (broad SMARTS) is 1. The molecule has 2 aromatic heterocycles. The topological polar surface area (TPSA) is 120 Å². The second kappa shape index (κ2) is 11.2. The zero-order valence-electron chi connectivity index (χ0n) is 20.1. The maximum absolute atomic E-state index is 11.8. The predicted molar refractivity (Wildman–Crippen MR) is 131 cm³/mol. The molecule has 0 saturated carbocycles. The van der Waals surface area contributed by atoms with E-state index in [4.69, 9.17) is 18.9 Å². The Labute approximate surface area is 209 Å². The number of nitrogens with zero attached hydrogens (tertiary/aromatic N) is 3. The molecule has 0 fully saturated rings. The molecule has 9 heteroatoms. The molecule has 1 aromatic carbocycles. The molecule has 0 spiro atoms. The van der Waals surface area contributed by atoms with Crippen LogP contribution in [-0.4, -0.2) is 39.6 Å². The van der Waals surface area contributed by atoms with Crippen LogP contribution in [0.15, 0.2) is 58.9 Å². The van der Waals surface area contributed by atoms with Gasteiger partial charge in [0.1, 0.15) is 23.8 Å². The van der Waals surface area contributed by atoms with Crippen LogP contribution >= 0.6 is 0 Å². The van der Waals surface area contributed by atoms with Crippen molar-refractivity contribution in [1.29, 1.82) is 0 Å². The summed E-state index contributed by atoms with van der Waals surface area (Å²) in [5, 5.41) is 21.6. The maximum atomic E-state index is 11.8. The van der Waals surface area contributed by atoms with Gasteiger partial charge in [-0.05, 0) is 55.2 Å². The van der Waals surface area contributed by atoms with E-state index in [9.17, 15) is 9.90 Å². The van der Waals surface area contributed by atoms with E-state index >= 15 is 0 Å². The van der Waals surface area contributed by atoms with Crippen molar-refractivity contribution in [1.82, 2.24) is 15.2 Å². The van der Waals surface area contributed by atoms with Gasteiger partial charge in [-0.15, -0.1) is 10.2 Å². The van der Waals surface area contributed by atoms with Crippen LogP contribution < -0.4 is 5.32 Å². The zero-order valence-corrected chi connectivity index (χ0v) is 20.1. The van der Waals surface area contributed by atoms with E-state index in [1.165, 1.54) is 11.8 Å². The number of anilines is 1. The molecular weight excluding hydrogens is 460 g/mol. The fourth-order valence-electron chi connectivity index (χ4n) is 4.84. The van der Waals surface area contributed by atoms with Crippen molar-refractivity contribution < 1.29 is 23.8 Å². The van der Waals surface area contributed by atoms with Crippen LogP contribution in [0.4, 0.5) is 5.82 Å². The number of aliphatic carboxylic acids is 1. The third-order valence-electron chi connectivity index (χ3n) is 6.57. The van der Waals surface area contributed by atoms with E-state index < -0.39 is 11.9 Å². The van der Waals surface area contributed by atoms with Gasteiger partial charge in [-0.3, -0.25) is 4.79 Å².